The van der Waals surface area contributed by atoms with Gasteiger partial charge >= 0.3 is 0 Å². The average Bonchev–Trinajstić information content (AvgIpc) is 2.45. The SMILES string of the molecule is Cc1cc(/C(=C/N(C)C)C(=S)Nc2ccccc2)ncn1. The summed E-state index contributed by atoms with van der Waals surface area (Å²) in [6.45, 7) is 1.94. The Hall–Kier alpha value is -2.27. The van der Waals surface area contributed by atoms with Gasteiger partial charge in [-0.25, -0.2) is 9.97 Å². The summed E-state index contributed by atoms with van der Waals surface area (Å²) in [6.07, 6.45) is 3.51. The predicted octanol–water partition coefficient (Wildman–Crippen LogP) is 3.13. The maximum absolute atomic E-state index is 5.53. The molecule has 0 aliphatic carbocycles. The number of aryl methyl sites for hydroxylation is 1. The number of para-hydroxylation sites is 1. The molecule has 4 nitrogen and oxygen atoms in total. The minimum atomic E-state index is 0.632. The van der Waals surface area contributed by atoms with Crippen molar-refractivity contribution in [1.82, 2.24) is 14.9 Å². The van der Waals surface area contributed by atoms with Crippen molar-refractivity contribution in [1.29, 1.82) is 0 Å². The summed E-state index contributed by atoms with van der Waals surface area (Å²) in [4.78, 5) is 11.0. The van der Waals surface area contributed by atoms with E-state index >= 15 is 0 Å². The lowest BCUT2D eigenvalue weighted by Gasteiger charge is -2.14. The lowest BCUT2D eigenvalue weighted by atomic mass is 10.1. The quantitative estimate of drug-likeness (QED) is 0.694. The molecule has 0 aliphatic heterocycles. The number of nitrogens with one attached hydrogen (secondary N) is 1. The summed E-state index contributed by atoms with van der Waals surface area (Å²) in [6, 6.07) is 11.8. The van der Waals surface area contributed by atoms with E-state index in [4.69, 9.17) is 12.2 Å². The van der Waals surface area contributed by atoms with Crippen LogP contribution < -0.4 is 5.32 Å². The molecule has 1 heterocycles. The van der Waals surface area contributed by atoms with E-state index in [-0.39, 0.29) is 0 Å². The smallest absolute Gasteiger partial charge is 0.116 e. The molecule has 2 rings (SSSR count). The number of hydrogen-bond donors (Lipinski definition) is 1. The number of benzene rings is 1. The van der Waals surface area contributed by atoms with Gasteiger partial charge < -0.3 is 10.2 Å². The summed E-state index contributed by atoms with van der Waals surface area (Å²) in [5.74, 6) is 0. The van der Waals surface area contributed by atoms with Crippen molar-refractivity contribution in [2.45, 2.75) is 6.92 Å². The Bertz CT molecular complexity index is 650. The van der Waals surface area contributed by atoms with Crippen LogP contribution in [0.5, 0.6) is 0 Å². The molecule has 0 unspecified atom stereocenters. The fourth-order valence-corrected chi connectivity index (χ4v) is 2.10. The van der Waals surface area contributed by atoms with Gasteiger partial charge in [0.2, 0.25) is 0 Å². The largest absolute Gasteiger partial charge is 0.383 e. The second-order valence-electron chi connectivity index (χ2n) is 4.87. The molecule has 108 valence electrons. The van der Waals surface area contributed by atoms with Crippen LogP contribution in [0.25, 0.3) is 5.57 Å². The third-order valence-corrected chi connectivity index (χ3v) is 3.07. The molecule has 1 N–H and O–H groups in total. The molecule has 0 amide bonds. The van der Waals surface area contributed by atoms with Crippen molar-refractivity contribution in [2.75, 3.05) is 19.4 Å². The van der Waals surface area contributed by atoms with Gasteiger partial charge in [0.1, 0.15) is 11.3 Å². The number of anilines is 1. The third kappa shape index (κ3) is 4.36. The first-order valence-corrected chi connectivity index (χ1v) is 7.01. The van der Waals surface area contributed by atoms with Crippen LogP contribution in [0.4, 0.5) is 5.69 Å². The lowest BCUT2D eigenvalue weighted by Crippen LogP contribution is -2.15. The van der Waals surface area contributed by atoms with E-state index in [9.17, 15) is 0 Å². The van der Waals surface area contributed by atoms with Gasteiger partial charge in [-0.3, -0.25) is 0 Å². The predicted molar refractivity (Wildman–Crippen MR) is 91.1 cm³/mol. The van der Waals surface area contributed by atoms with Crippen LogP contribution in [0.2, 0.25) is 0 Å². The van der Waals surface area contributed by atoms with Crippen LogP contribution in [-0.2, 0) is 0 Å². The molecule has 21 heavy (non-hydrogen) atoms. The molecule has 0 saturated heterocycles. The van der Waals surface area contributed by atoms with E-state index in [0.29, 0.717) is 4.99 Å². The number of hydrogen-bond acceptors (Lipinski definition) is 4. The monoisotopic (exact) mass is 298 g/mol. The zero-order chi connectivity index (χ0) is 15.2. The van der Waals surface area contributed by atoms with Gasteiger partial charge in [0, 0.05) is 31.7 Å². The molecule has 2 aromatic rings. The Morgan fingerprint density at radius 2 is 1.90 bits per heavy atom. The Labute approximate surface area is 130 Å². The van der Waals surface area contributed by atoms with Crippen LogP contribution in [0.3, 0.4) is 0 Å². The molecule has 5 heteroatoms. The molecule has 0 bridgehead atoms. The molecule has 0 aliphatic rings. The minimum Gasteiger partial charge on any atom is -0.383 e. The zero-order valence-corrected chi connectivity index (χ0v) is 13.2. The summed E-state index contributed by atoms with van der Waals surface area (Å²) >= 11 is 5.53. The van der Waals surface area contributed by atoms with E-state index < -0.39 is 0 Å². The highest BCUT2D eigenvalue weighted by Gasteiger charge is 2.11. The maximum atomic E-state index is 5.53. The standard InChI is InChI=1S/C16H18N4S/c1-12-9-15(18-11-17-12)14(10-20(2)3)16(21)19-13-7-5-4-6-8-13/h4-11H,1-3H3,(H,19,21)/b14-10-. The normalized spacial score (nSPS) is 11.1. The first-order valence-electron chi connectivity index (χ1n) is 6.60. The van der Waals surface area contributed by atoms with E-state index in [1.165, 1.54) is 0 Å². The maximum Gasteiger partial charge on any atom is 0.116 e. The summed E-state index contributed by atoms with van der Waals surface area (Å²) < 4.78 is 0. The van der Waals surface area contributed by atoms with Crippen molar-refractivity contribution in [3.8, 4) is 0 Å². The molecular weight excluding hydrogens is 280 g/mol. The van der Waals surface area contributed by atoms with Gasteiger partial charge in [0.05, 0.1) is 11.3 Å². The van der Waals surface area contributed by atoms with Crippen molar-refractivity contribution in [3.63, 3.8) is 0 Å². The fourth-order valence-electron chi connectivity index (χ4n) is 1.82. The molecule has 0 saturated carbocycles. The highest BCUT2D eigenvalue weighted by molar-refractivity contribution is 7.81. The van der Waals surface area contributed by atoms with E-state index in [2.05, 4.69) is 15.3 Å². The molecule has 0 radical (unpaired) electrons. The van der Waals surface area contributed by atoms with Crippen LogP contribution in [-0.4, -0.2) is 34.0 Å². The number of thiocarbonyl (C=S) groups is 1. The number of aromatic nitrogens is 2. The van der Waals surface area contributed by atoms with E-state index in [1.807, 2.05) is 68.5 Å². The number of rotatable bonds is 4. The fraction of sp³-hybridized carbons (Fsp3) is 0.188. The molecule has 0 fully saturated rings. The topological polar surface area (TPSA) is 41.0 Å². The second kappa shape index (κ2) is 6.95. The first kappa shape index (κ1) is 15.1. The first-order chi connectivity index (χ1) is 10.1. The van der Waals surface area contributed by atoms with Gasteiger partial charge in [-0.1, -0.05) is 30.4 Å². The van der Waals surface area contributed by atoms with Crippen LogP contribution in [0.1, 0.15) is 11.4 Å². The summed E-state index contributed by atoms with van der Waals surface area (Å²) in [5.41, 5.74) is 3.54. The van der Waals surface area contributed by atoms with Gasteiger partial charge in [-0.05, 0) is 25.1 Å². The highest BCUT2D eigenvalue weighted by Crippen LogP contribution is 2.17. The van der Waals surface area contributed by atoms with E-state index in [1.54, 1.807) is 6.33 Å². The molecule has 0 atom stereocenters. The van der Waals surface area contributed by atoms with Crippen molar-refractivity contribution >= 4 is 28.5 Å². The summed E-state index contributed by atoms with van der Waals surface area (Å²) in [7, 11) is 3.92. The van der Waals surface area contributed by atoms with Crippen molar-refractivity contribution < 1.29 is 0 Å². The zero-order valence-electron chi connectivity index (χ0n) is 12.4. The number of nitrogens with zero attached hydrogens (tertiary/aromatic N) is 3. The lowest BCUT2D eigenvalue weighted by molar-refractivity contribution is 0.566. The third-order valence-electron chi connectivity index (χ3n) is 2.74. The second-order valence-corrected chi connectivity index (χ2v) is 5.28. The van der Waals surface area contributed by atoms with Crippen LogP contribution in [0, 0.1) is 6.92 Å². The Kier molecular flexibility index (Phi) is 5.00. The van der Waals surface area contributed by atoms with Gasteiger partial charge in [-0.2, -0.15) is 0 Å². The van der Waals surface area contributed by atoms with Crippen LogP contribution in [0.15, 0.2) is 48.9 Å². The Morgan fingerprint density at radius 1 is 1.19 bits per heavy atom. The highest BCUT2D eigenvalue weighted by atomic mass is 32.1. The Morgan fingerprint density at radius 3 is 2.52 bits per heavy atom. The molecular formula is C16H18N4S. The van der Waals surface area contributed by atoms with E-state index in [0.717, 1.165) is 22.6 Å². The summed E-state index contributed by atoms with van der Waals surface area (Å²) in [5, 5.41) is 3.24. The average molecular weight is 298 g/mol. The van der Waals surface area contributed by atoms with Gasteiger partial charge in [-0.15, -0.1) is 0 Å². The molecule has 0 spiro atoms. The molecule has 1 aromatic heterocycles. The van der Waals surface area contributed by atoms with Crippen LogP contribution >= 0.6 is 12.2 Å². The van der Waals surface area contributed by atoms with Crippen molar-refractivity contribution in [3.05, 3.63) is 60.3 Å². The molecule has 1 aromatic carbocycles. The van der Waals surface area contributed by atoms with Gasteiger partial charge in [0.25, 0.3) is 0 Å². The Balaban J connectivity index is 2.31. The van der Waals surface area contributed by atoms with Crippen molar-refractivity contribution in [2.24, 2.45) is 0 Å². The minimum absolute atomic E-state index is 0.632. The van der Waals surface area contributed by atoms with Gasteiger partial charge in [0.15, 0.2) is 0 Å².